The maximum absolute atomic E-state index is 11.1. The Morgan fingerprint density at radius 2 is 2.31 bits per heavy atom. The van der Waals surface area contributed by atoms with Gasteiger partial charge in [0.15, 0.2) is 0 Å². The van der Waals surface area contributed by atoms with E-state index < -0.39 is 12.0 Å². The first-order valence-electron chi connectivity index (χ1n) is 5.37. The second-order valence-electron chi connectivity index (χ2n) is 3.86. The van der Waals surface area contributed by atoms with Gasteiger partial charge >= 0.3 is 5.97 Å². The average molecular weight is 239 g/mol. The van der Waals surface area contributed by atoms with Crippen molar-refractivity contribution in [2.24, 2.45) is 10.9 Å². The van der Waals surface area contributed by atoms with Crippen LogP contribution in [0.4, 0.5) is 0 Å². The van der Waals surface area contributed by atoms with Gasteiger partial charge in [0.1, 0.15) is 6.04 Å². The predicted octanol–water partition coefficient (Wildman–Crippen LogP) is 3.06. The van der Waals surface area contributed by atoms with Crippen LogP contribution in [-0.2, 0) is 4.79 Å². The molecule has 1 N–H and O–H groups in total. The van der Waals surface area contributed by atoms with Crippen LogP contribution in [0.3, 0.4) is 0 Å². The summed E-state index contributed by atoms with van der Waals surface area (Å²) in [5.41, 5.74) is 0.808. The number of aliphatic imine (C=N–C) groups is 1. The number of nitrogens with zero attached hydrogens (tertiary/aromatic N) is 1. The first-order chi connectivity index (χ1) is 7.56. The fourth-order valence-electron chi connectivity index (χ4n) is 1.41. The highest BCUT2D eigenvalue weighted by atomic mass is 32.1. The molecule has 3 nitrogen and oxygen atoms in total. The number of rotatable bonds is 5. The van der Waals surface area contributed by atoms with E-state index in [0.29, 0.717) is 0 Å². The molecule has 2 unspecified atom stereocenters. The molecule has 1 heterocycles. The van der Waals surface area contributed by atoms with Crippen molar-refractivity contribution in [2.45, 2.75) is 33.2 Å². The predicted molar refractivity (Wildman–Crippen MR) is 67.4 cm³/mol. The van der Waals surface area contributed by atoms with Gasteiger partial charge in [-0.15, -0.1) is 11.3 Å². The molecule has 88 valence electrons. The zero-order chi connectivity index (χ0) is 12.1. The number of carboxylic acids is 1. The van der Waals surface area contributed by atoms with Crippen molar-refractivity contribution < 1.29 is 9.90 Å². The fraction of sp³-hybridized carbons (Fsp3) is 0.500. The van der Waals surface area contributed by atoms with Crippen LogP contribution >= 0.6 is 11.3 Å². The van der Waals surface area contributed by atoms with Gasteiger partial charge < -0.3 is 5.11 Å². The molecule has 0 aliphatic carbocycles. The topological polar surface area (TPSA) is 49.7 Å². The summed E-state index contributed by atoms with van der Waals surface area (Å²) in [4.78, 5) is 16.5. The van der Waals surface area contributed by atoms with Gasteiger partial charge in [-0.1, -0.05) is 26.3 Å². The normalized spacial score (nSPS) is 15.8. The van der Waals surface area contributed by atoms with Crippen LogP contribution in [0.25, 0.3) is 0 Å². The first kappa shape index (κ1) is 12.9. The monoisotopic (exact) mass is 239 g/mol. The van der Waals surface area contributed by atoms with Gasteiger partial charge in [0.25, 0.3) is 0 Å². The van der Waals surface area contributed by atoms with Crippen LogP contribution in [0.1, 0.15) is 32.1 Å². The highest BCUT2D eigenvalue weighted by Gasteiger charge is 2.22. The molecular weight excluding hydrogens is 222 g/mol. The Hall–Kier alpha value is -1.16. The molecule has 0 saturated heterocycles. The molecule has 0 aliphatic heterocycles. The van der Waals surface area contributed by atoms with Crippen molar-refractivity contribution in [3.05, 3.63) is 22.4 Å². The minimum Gasteiger partial charge on any atom is -0.480 e. The summed E-state index contributed by atoms with van der Waals surface area (Å²) >= 11 is 1.58. The molecule has 0 fully saturated rings. The Morgan fingerprint density at radius 3 is 2.75 bits per heavy atom. The van der Waals surface area contributed by atoms with Crippen molar-refractivity contribution in [1.82, 2.24) is 0 Å². The summed E-state index contributed by atoms with van der Waals surface area (Å²) in [5, 5.41) is 11.1. The van der Waals surface area contributed by atoms with E-state index in [9.17, 15) is 4.79 Å². The molecule has 16 heavy (non-hydrogen) atoms. The van der Waals surface area contributed by atoms with Crippen LogP contribution in [0.2, 0.25) is 0 Å². The molecule has 0 amide bonds. The first-order valence-corrected chi connectivity index (χ1v) is 6.25. The highest BCUT2D eigenvalue weighted by Crippen LogP contribution is 2.16. The molecule has 2 atom stereocenters. The summed E-state index contributed by atoms with van der Waals surface area (Å²) in [5.74, 6) is -0.780. The van der Waals surface area contributed by atoms with Crippen LogP contribution < -0.4 is 0 Å². The lowest BCUT2D eigenvalue weighted by Gasteiger charge is -2.15. The number of aliphatic carboxylic acids is 1. The van der Waals surface area contributed by atoms with Gasteiger partial charge in [0.2, 0.25) is 0 Å². The van der Waals surface area contributed by atoms with E-state index in [4.69, 9.17) is 5.11 Å². The number of hydrogen-bond acceptors (Lipinski definition) is 3. The summed E-state index contributed by atoms with van der Waals surface area (Å²) in [6.07, 6.45) is 0.818. The summed E-state index contributed by atoms with van der Waals surface area (Å²) in [6, 6.07) is 3.27. The third kappa shape index (κ3) is 3.17. The second kappa shape index (κ2) is 5.80. The van der Waals surface area contributed by atoms with Crippen molar-refractivity contribution in [1.29, 1.82) is 0 Å². The Bertz CT molecular complexity index is 370. The molecule has 4 heteroatoms. The lowest BCUT2D eigenvalue weighted by Crippen LogP contribution is -2.26. The Morgan fingerprint density at radius 1 is 1.62 bits per heavy atom. The Labute approximate surface area is 99.8 Å². The van der Waals surface area contributed by atoms with E-state index in [1.807, 2.05) is 38.3 Å². The van der Waals surface area contributed by atoms with Crippen LogP contribution in [0.5, 0.6) is 0 Å². The average Bonchev–Trinajstić information content (AvgIpc) is 2.77. The molecule has 0 spiro atoms. The van der Waals surface area contributed by atoms with Crippen LogP contribution in [0.15, 0.2) is 22.5 Å². The smallest absolute Gasteiger partial charge is 0.328 e. The van der Waals surface area contributed by atoms with Crippen molar-refractivity contribution in [3.63, 3.8) is 0 Å². The zero-order valence-corrected chi connectivity index (χ0v) is 10.6. The summed E-state index contributed by atoms with van der Waals surface area (Å²) in [6.45, 7) is 5.77. The summed E-state index contributed by atoms with van der Waals surface area (Å²) in [7, 11) is 0. The molecular formula is C12H17NO2S. The Balaban J connectivity index is 2.89. The lowest BCUT2D eigenvalue weighted by molar-refractivity contribution is -0.139. The van der Waals surface area contributed by atoms with Gasteiger partial charge in [-0.25, -0.2) is 4.79 Å². The maximum Gasteiger partial charge on any atom is 0.328 e. The number of carbonyl (C=O) groups is 1. The third-order valence-electron chi connectivity index (χ3n) is 2.65. The SMILES string of the molecule is CCC(C)C(N=C(C)c1cccs1)C(=O)O. The second-order valence-corrected chi connectivity index (χ2v) is 4.81. The molecule has 0 radical (unpaired) electrons. The van der Waals surface area contributed by atoms with Gasteiger partial charge in [0.05, 0.1) is 0 Å². The largest absolute Gasteiger partial charge is 0.480 e. The van der Waals surface area contributed by atoms with Gasteiger partial charge in [-0.3, -0.25) is 4.99 Å². The number of hydrogen-bond donors (Lipinski definition) is 1. The highest BCUT2D eigenvalue weighted by molar-refractivity contribution is 7.12. The standard InChI is InChI=1S/C12H17NO2S/c1-4-8(2)11(12(14)15)13-9(3)10-6-5-7-16-10/h5-8,11H,4H2,1-3H3,(H,14,15). The molecule has 1 aromatic rings. The number of carboxylic acid groups (broad SMARTS) is 1. The van der Waals surface area contributed by atoms with Gasteiger partial charge in [-0.05, 0) is 24.3 Å². The van der Waals surface area contributed by atoms with Crippen LogP contribution in [0, 0.1) is 5.92 Å². The molecule has 0 aromatic carbocycles. The third-order valence-corrected chi connectivity index (χ3v) is 3.63. The molecule has 0 aliphatic rings. The van der Waals surface area contributed by atoms with Crippen LogP contribution in [-0.4, -0.2) is 22.8 Å². The van der Waals surface area contributed by atoms with E-state index in [0.717, 1.165) is 17.0 Å². The van der Waals surface area contributed by atoms with E-state index in [-0.39, 0.29) is 5.92 Å². The van der Waals surface area contributed by atoms with Gasteiger partial charge in [-0.2, -0.15) is 0 Å². The van der Waals surface area contributed by atoms with E-state index >= 15 is 0 Å². The zero-order valence-electron chi connectivity index (χ0n) is 9.80. The summed E-state index contributed by atoms with van der Waals surface area (Å²) < 4.78 is 0. The molecule has 0 saturated carbocycles. The Kier molecular flexibility index (Phi) is 4.68. The van der Waals surface area contributed by atoms with Crippen molar-refractivity contribution in [3.8, 4) is 0 Å². The minimum atomic E-state index is -0.842. The van der Waals surface area contributed by atoms with Gasteiger partial charge in [0, 0.05) is 10.6 Å². The fourth-order valence-corrected chi connectivity index (χ4v) is 2.09. The minimum absolute atomic E-state index is 0.0624. The molecule has 1 rings (SSSR count). The van der Waals surface area contributed by atoms with Crippen molar-refractivity contribution >= 4 is 23.0 Å². The lowest BCUT2D eigenvalue weighted by atomic mass is 10.00. The maximum atomic E-state index is 11.1. The van der Waals surface area contributed by atoms with E-state index in [1.54, 1.807) is 11.3 Å². The quantitative estimate of drug-likeness (QED) is 0.803. The van der Waals surface area contributed by atoms with E-state index in [2.05, 4.69) is 4.99 Å². The molecule has 1 aromatic heterocycles. The van der Waals surface area contributed by atoms with E-state index in [1.165, 1.54) is 0 Å². The molecule has 0 bridgehead atoms. The number of thiophene rings is 1. The van der Waals surface area contributed by atoms with Crippen molar-refractivity contribution in [2.75, 3.05) is 0 Å².